The van der Waals surface area contributed by atoms with E-state index in [-0.39, 0.29) is 11.7 Å². The van der Waals surface area contributed by atoms with Crippen molar-refractivity contribution in [2.75, 3.05) is 0 Å². The zero-order chi connectivity index (χ0) is 16.8. The summed E-state index contributed by atoms with van der Waals surface area (Å²) in [6.07, 6.45) is 1.88. The van der Waals surface area contributed by atoms with Crippen LogP contribution >= 0.6 is 0 Å². The van der Waals surface area contributed by atoms with Gasteiger partial charge in [0.05, 0.1) is 6.10 Å². The molecule has 118 valence electrons. The minimum Gasteiger partial charge on any atom is -0.459 e. The third-order valence-corrected chi connectivity index (χ3v) is 3.47. The first-order valence-corrected chi connectivity index (χ1v) is 7.53. The van der Waals surface area contributed by atoms with Crippen molar-refractivity contribution in [1.29, 1.82) is 5.26 Å². The Labute approximate surface area is 136 Å². The van der Waals surface area contributed by atoms with E-state index in [1.807, 2.05) is 50.2 Å². The number of benzene rings is 1. The van der Waals surface area contributed by atoms with E-state index in [9.17, 15) is 4.79 Å². The van der Waals surface area contributed by atoms with Gasteiger partial charge in [0.2, 0.25) is 0 Å². The molecule has 0 saturated carbocycles. The Kier molecular flexibility index (Phi) is 5.37. The van der Waals surface area contributed by atoms with Gasteiger partial charge in [-0.15, -0.1) is 0 Å². The lowest BCUT2D eigenvalue weighted by atomic mass is 10.1. The first-order chi connectivity index (χ1) is 11.0. The number of carbonyl (C=O) groups excluding carboxylic acids is 1. The largest absolute Gasteiger partial charge is 0.459 e. The average molecular weight is 309 g/mol. The number of hydrogen-bond acceptors (Lipinski definition) is 4. The second-order valence-electron chi connectivity index (χ2n) is 5.36. The van der Waals surface area contributed by atoms with Crippen molar-refractivity contribution >= 4 is 12.0 Å². The van der Waals surface area contributed by atoms with Crippen LogP contribution in [0.2, 0.25) is 0 Å². The molecule has 0 aliphatic rings. The summed E-state index contributed by atoms with van der Waals surface area (Å²) < 4.78 is 10.8. The molecule has 1 aromatic carbocycles. The molecule has 0 bridgehead atoms. The molecule has 0 N–H and O–H groups in total. The fraction of sp³-hybridized carbons (Fsp3) is 0.263. The van der Waals surface area contributed by atoms with Gasteiger partial charge in [-0.1, -0.05) is 36.8 Å². The average Bonchev–Trinajstić information content (AvgIpc) is 3.01. The fourth-order valence-corrected chi connectivity index (χ4v) is 1.91. The van der Waals surface area contributed by atoms with Crippen LogP contribution in [0.25, 0.3) is 17.4 Å². The first kappa shape index (κ1) is 16.6. The summed E-state index contributed by atoms with van der Waals surface area (Å²) >= 11 is 0. The van der Waals surface area contributed by atoms with E-state index in [0.717, 1.165) is 5.56 Å². The van der Waals surface area contributed by atoms with Gasteiger partial charge in [-0.3, -0.25) is 0 Å². The molecule has 0 fully saturated rings. The monoisotopic (exact) mass is 309 g/mol. The Morgan fingerprint density at radius 1 is 1.30 bits per heavy atom. The molecule has 2 aromatic rings. The Morgan fingerprint density at radius 3 is 2.61 bits per heavy atom. The molecule has 2 rings (SSSR count). The molecule has 4 nitrogen and oxygen atoms in total. The van der Waals surface area contributed by atoms with Gasteiger partial charge in [-0.05, 0) is 32.4 Å². The highest BCUT2D eigenvalue weighted by Crippen LogP contribution is 2.24. The lowest BCUT2D eigenvalue weighted by molar-refractivity contribution is -0.142. The number of ether oxygens (including phenoxy) is 1. The van der Waals surface area contributed by atoms with E-state index in [1.165, 1.54) is 11.6 Å². The molecule has 1 unspecified atom stereocenters. The Bertz CT molecular complexity index is 748. The second kappa shape index (κ2) is 7.46. The standard InChI is InChI=1S/C19H19NO3/c1-4-14(3)22-19(21)16(12-20)11-17-9-10-18(23-17)15-7-5-13(2)6-8-15/h5-11,14H,4H2,1-3H3/b16-11-. The van der Waals surface area contributed by atoms with Gasteiger partial charge < -0.3 is 9.15 Å². The van der Waals surface area contributed by atoms with Crippen molar-refractivity contribution in [2.24, 2.45) is 0 Å². The van der Waals surface area contributed by atoms with Gasteiger partial charge in [0.15, 0.2) is 0 Å². The second-order valence-corrected chi connectivity index (χ2v) is 5.36. The van der Waals surface area contributed by atoms with E-state index in [0.29, 0.717) is 17.9 Å². The lowest BCUT2D eigenvalue weighted by Crippen LogP contribution is -2.15. The van der Waals surface area contributed by atoms with Crippen molar-refractivity contribution in [1.82, 2.24) is 0 Å². The van der Waals surface area contributed by atoms with Crippen molar-refractivity contribution in [3.8, 4) is 17.4 Å². The van der Waals surface area contributed by atoms with Crippen LogP contribution < -0.4 is 0 Å². The summed E-state index contributed by atoms with van der Waals surface area (Å²) in [5.41, 5.74) is 2.03. The van der Waals surface area contributed by atoms with Gasteiger partial charge in [0.25, 0.3) is 0 Å². The Morgan fingerprint density at radius 2 is 2.00 bits per heavy atom. The number of carbonyl (C=O) groups is 1. The Hall–Kier alpha value is -2.80. The van der Waals surface area contributed by atoms with Crippen molar-refractivity contribution in [3.63, 3.8) is 0 Å². The van der Waals surface area contributed by atoms with Gasteiger partial charge in [-0.2, -0.15) is 5.26 Å². The van der Waals surface area contributed by atoms with Crippen molar-refractivity contribution < 1.29 is 13.9 Å². The molecule has 23 heavy (non-hydrogen) atoms. The number of nitrogens with zero attached hydrogens (tertiary/aromatic N) is 1. The molecule has 4 heteroatoms. The molecule has 0 spiro atoms. The normalized spacial score (nSPS) is 12.5. The molecule has 1 aromatic heterocycles. The summed E-state index contributed by atoms with van der Waals surface area (Å²) in [7, 11) is 0. The SMILES string of the molecule is CCC(C)OC(=O)/C(C#N)=C\c1ccc(-c2ccc(C)cc2)o1. The van der Waals surface area contributed by atoms with Crippen molar-refractivity contribution in [2.45, 2.75) is 33.3 Å². The lowest BCUT2D eigenvalue weighted by Gasteiger charge is -2.09. The van der Waals surface area contributed by atoms with Crippen LogP contribution in [0.4, 0.5) is 0 Å². The molecule has 0 amide bonds. The maximum atomic E-state index is 11.9. The van der Waals surface area contributed by atoms with Crippen molar-refractivity contribution in [3.05, 3.63) is 53.3 Å². The summed E-state index contributed by atoms with van der Waals surface area (Å²) in [6, 6.07) is 13.3. The number of nitriles is 1. The molecule has 0 aliphatic carbocycles. The molecule has 0 radical (unpaired) electrons. The van der Waals surface area contributed by atoms with Gasteiger partial charge in [0.1, 0.15) is 23.2 Å². The number of furan rings is 1. The number of hydrogen-bond donors (Lipinski definition) is 0. The highest BCUT2D eigenvalue weighted by molar-refractivity contribution is 5.97. The van der Waals surface area contributed by atoms with Crippen LogP contribution in [0.5, 0.6) is 0 Å². The molecular weight excluding hydrogens is 290 g/mol. The van der Waals surface area contributed by atoms with E-state index in [1.54, 1.807) is 13.0 Å². The minimum absolute atomic E-state index is 0.0740. The first-order valence-electron chi connectivity index (χ1n) is 7.53. The van der Waals surface area contributed by atoms with Crippen LogP contribution in [-0.2, 0) is 9.53 Å². The Balaban J connectivity index is 2.20. The van der Waals surface area contributed by atoms with Crippen LogP contribution in [0.15, 0.2) is 46.4 Å². The summed E-state index contributed by atoms with van der Waals surface area (Å²) in [6.45, 7) is 5.71. The predicted octanol–water partition coefficient (Wildman–Crippen LogP) is 4.50. The van der Waals surface area contributed by atoms with Crippen LogP contribution in [0.1, 0.15) is 31.6 Å². The molecule has 1 atom stereocenters. The van der Waals surface area contributed by atoms with E-state index >= 15 is 0 Å². The van der Waals surface area contributed by atoms with Gasteiger partial charge in [-0.25, -0.2) is 4.79 Å². The molecule has 1 heterocycles. The topological polar surface area (TPSA) is 63.2 Å². The third kappa shape index (κ3) is 4.33. The quantitative estimate of drug-likeness (QED) is 0.463. The summed E-state index contributed by atoms with van der Waals surface area (Å²) in [4.78, 5) is 11.9. The number of rotatable bonds is 5. The van der Waals surface area contributed by atoms with Crippen LogP contribution in [-0.4, -0.2) is 12.1 Å². The highest BCUT2D eigenvalue weighted by atomic mass is 16.5. The number of esters is 1. The summed E-state index contributed by atoms with van der Waals surface area (Å²) in [5, 5.41) is 9.14. The van der Waals surface area contributed by atoms with E-state index in [2.05, 4.69) is 0 Å². The molecular formula is C19H19NO3. The number of aryl methyl sites for hydroxylation is 1. The van der Waals surface area contributed by atoms with Crippen LogP contribution in [0.3, 0.4) is 0 Å². The molecule has 0 aliphatic heterocycles. The third-order valence-electron chi connectivity index (χ3n) is 3.47. The van der Waals surface area contributed by atoms with E-state index < -0.39 is 5.97 Å². The highest BCUT2D eigenvalue weighted by Gasteiger charge is 2.15. The zero-order valence-corrected chi connectivity index (χ0v) is 13.5. The van der Waals surface area contributed by atoms with Crippen LogP contribution in [0, 0.1) is 18.3 Å². The predicted molar refractivity (Wildman–Crippen MR) is 88.3 cm³/mol. The maximum absolute atomic E-state index is 11.9. The van der Waals surface area contributed by atoms with E-state index in [4.69, 9.17) is 14.4 Å². The van der Waals surface area contributed by atoms with Gasteiger partial charge >= 0.3 is 5.97 Å². The maximum Gasteiger partial charge on any atom is 0.349 e. The summed E-state index contributed by atoms with van der Waals surface area (Å²) in [5.74, 6) is 0.497. The van der Waals surface area contributed by atoms with Gasteiger partial charge in [0, 0.05) is 11.6 Å². The fourth-order valence-electron chi connectivity index (χ4n) is 1.91. The smallest absolute Gasteiger partial charge is 0.349 e. The zero-order valence-electron chi connectivity index (χ0n) is 13.5. The molecule has 0 saturated heterocycles. The minimum atomic E-state index is -0.630.